The standard InChI is InChI=1S/C16H22O5/c1-4-8-14(16(18)20-6-3)21-15-12(11-17)9-7-10-13(15)19-5-2/h7,9-11,14H,4-6,8H2,1-3H3. The molecule has 1 aromatic carbocycles. The van der Waals surface area contributed by atoms with Gasteiger partial charge >= 0.3 is 5.97 Å². The fourth-order valence-electron chi connectivity index (χ4n) is 1.89. The number of esters is 1. The summed E-state index contributed by atoms with van der Waals surface area (Å²) in [7, 11) is 0. The molecule has 0 bridgehead atoms. The van der Waals surface area contributed by atoms with E-state index in [1.54, 1.807) is 25.1 Å². The van der Waals surface area contributed by atoms with Crippen molar-refractivity contribution in [3.8, 4) is 11.5 Å². The molecule has 5 heteroatoms. The van der Waals surface area contributed by atoms with Crippen LogP contribution in [-0.2, 0) is 9.53 Å². The number of carbonyl (C=O) groups is 2. The first-order chi connectivity index (χ1) is 10.2. The van der Waals surface area contributed by atoms with Crippen LogP contribution >= 0.6 is 0 Å². The molecule has 0 amide bonds. The zero-order chi connectivity index (χ0) is 15.7. The first-order valence-corrected chi connectivity index (χ1v) is 7.22. The van der Waals surface area contributed by atoms with Gasteiger partial charge in [-0.3, -0.25) is 4.79 Å². The van der Waals surface area contributed by atoms with Gasteiger partial charge in [0, 0.05) is 0 Å². The number of para-hydroxylation sites is 1. The molecule has 0 aliphatic carbocycles. The number of ether oxygens (including phenoxy) is 3. The molecule has 0 saturated heterocycles. The van der Waals surface area contributed by atoms with Gasteiger partial charge in [-0.05, 0) is 32.4 Å². The summed E-state index contributed by atoms with van der Waals surface area (Å²) in [6.45, 7) is 6.26. The quantitative estimate of drug-likeness (QED) is 0.517. The average Bonchev–Trinajstić information content (AvgIpc) is 2.48. The molecule has 0 spiro atoms. The molecule has 0 aromatic heterocycles. The van der Waals surface area contributed by atoms with Crippen molar-refractivity contribution in [2.24, 2.45) is 0 Å². The van der Waals surface area contributed by atoms with Crippen LogP contribution in [0.15, 0.2) is 18.2 Å². The normalized spacial score (nSPS) is 11.6. The summed E-state index contributed by atoms with van der Waals surface area (Å²) >= 11 is 0. The first-order valence-electron chi connectivity index (χ1n) is 7.22. The largest absolute Gasteiger partial charge is 0.490 e. The van der Waals surface area contributed by atoms with E-state index < -0.39 is 12.1 Å². The van der Waals surface area contributed by atoms with E-state index >= 15 is 0 Å². The highest BCUT2D eigenvalue weighted by Crippen LogP contribution is 2.32. The molecule has 0 heterocycles. The van der Waals surface area contributed by atoms with Gasteiger partial charge in [0.15, 0.2) is 23.9 Å². The third kappa shape index (κ3) is 4.77. The van der Waals surface area contributed by atoms with Gasteiger partial charge < -0.3 is 14.2 Å². The Morgan fingerprint density at radius 2 is 2.00 bits per heavy atom. The zero-order valence-corrected chi connectivity index (χ0v) is 12.8. The number of hydrogen-bond acceptors (Lipinski definition) is 5. The lowest BCUT2D eigenvalue weighted by molar-refractivity contribution is -0.151. The van der Waals surface area contributed by atoms with Gasteiger partial charge in [0.2, 0.25) is 0 Å². The van der Waals surface area contributed by atoms with Crippen LogP contribution in [0.5, 0.6) is 11.5 Å². The highest BCUT2D eigenvalue weighted by atomic mass is 16.6. The highest BCUT2D eigenvalue weighted by molar-refractivity contribution is 5.82. The van der Waals surface area contributed by atoms with Crippen molar-refractivity contribution < 1.29 is 23.8 Å². The minimum Gasteiger partial charge on any atom is -0.490 e. The molecular weight excluding hydrogens is 272 g/mol. The van der Waals surface area contributed by atoms with Gasteiger partial charge in [-0.1, -0.05) is 19.4 Å². The molecule has 1 atom stereocenters. The van der Waals surface area contributed by atoms with E-state index in [1.807, 2.05) is 13.8 Å². The topological polar surface area (TPSA) is 61.8 Å². The summed E-state index contributed by atoms with van der Waals surface area (Å²) in [5.74, 6) is 0.316. The lowest BCUT2D eigenvalue weighted by Crippen LogP contribution is -2.29. The Kier molecular flexibility index (Phi) is 7.29. The average molecular weight is 294 g/mol. The van der Waals surface area contributed by atoms with Crippen molar-refractivity contribution in [1.82, 2.24) is 0 Å². The van der Waals surface area contributed by atoms with Crippen LogP contribution in [0.25, 0.3) is 0 Å². The van der Waals surface area contributed by atoms with Crippen LogP contribution in [0.2, 0.25) is 0 Å². The van der Waals surface area contributed by atoms with Gasteiger partial charge in [0.05, 0.1) is 18.8 Å². The van der Waals surface area contributed by atoms with Gasteiger partial charge in [-0.2, -0.15) is 0 Å². The number of benzene rings is 1. The molecule has 0 saturated carbocycles. The molecule has 0 aliphatic heterocycles. The molecule has 0 radical (unpaired) electrons. The number of rotatable bonds is 9. The summed E-state index contributed by atoms with van der Waals surface area (Å²) in [6, 6.07) is 5.04. The van der Waals surface area contributed by atoms with E-state index in [1.165, 1.54) is 0 Å². The van der Waals surface area contributed by atoms with E-state index in [9.17, 15) is 9.59 Å². The second-order valence-corrected chi connectivity index (χ2v) is 4.37. The SMILES string of the molecule is CCCC(Oc1c(C=O)cccc1OCC)C(=O)OCC. The summed E-state index contributed by atoms with van der Waals surface area (Å²) in [6.07, 6.45) is 1.22. The van der Waals surface area contributed by atoms with Crippen molar-refractivity contribution in [3.63, 3.8) is 0 Å². The first kappa shape index (κ1) is 17.0. The third-order valence-electron chi connectivity index (χ3n) is 2.80. The maximum absolute atomic E-state index is 11.9. The minimum absolute atomic E-state index is 0.288. The van der Waals surface area contributed by atoms with E-state index in [4.69, 9.17) is 14.2 Å². The Balaban J connectivity index is 3.05. The Bertz CT molecular complexity index is 470. The fraction of sp³-hybridized carbons (Fsp3) is 0.500. The molecule has 1 unspecified atom stereocenters. The van der Waals surface area contributed by atoms with Gasteiger partial charge in [-0.15, -0.1) is 0 Å². The number of carbonyl (C=O) groups excluding carboxylic acids is 2. The van der Waals surface area contributed by atoms with E-state index in [2.05, 4.69) is 0 Å². The van der Waals surface area contributed by atoms with Crippen LogP contribution in [0, 0.1) is 0 Å². The van der Waals surface area contributed by atoms with Crippen molar-refractivity contribution in [2.75, 3.05) is 13.2 Å². The highest BCUT2D eigenvalue weighted by Gasteiger charge is 2.24. The van der Waals surface area contributed by atoms with Crippen molar-refractivity contribution in [3.05, 3.63) is 23.8 Å². The van der Waals surface area contributed by atoms with Crippen LogP contribution in [0.4, 0.5) is 0 Å². The van der Waals surface area contributed by atoms with E-state index in [-0.39, 0.29) is 6.61 Å². The zero-order valence-electron chi connectivity index (χ0n) is 12.8. The third-order valence-corrected chi connectivity index (χ3v) is 2.80. The second kappa shape index (κ2) is 9.00. The fourth-order valence-corrected chi connectivity index (χ4v) is 1.89. The number of aldehydes is 1. The smallest absolute Gasteiger partial charge is 0.347 e. The molecule has 116 valence electrons. The molecule has 1 aromatic rings. The lowest BCUT2D eigenvalue weighted by atomic mass is 10.1. The van der Waals surface area contributed by atoms with E-state index in [0.29, 0.717) is 36.4 Å². The summed E-state index contributed by atoms with van der Waals surface area (Å²) in [4.78, 5) is 23.1. The Morgan fingerprint density at radius 3 is 2.57 bits per heavy atom. The molecule has 0 aliphatic rings. The lowest BCUT2D eigenvalue weighted by Gasteiger charge is -2.20. The summed E-state index contributed by atoms with van der Waals surface area (Å²) < 4.78 is 16.2. The minimum atomic E-state index is -0.741. The van der Waals surface area contributed by atoms with Crippen LogP contribution < -0.4 is 9.47 Å². The molecule has 0 N–H and O–H groups in total. The predicted molar refractivity (Wildman–Crippen MR) is 79.0 cm³/mol. The van der Waals surface area contributed by atoms with Gasteiger partial charge in [0.25, 0.3) is 0 Å². The van der Waals surface area contributed by atoms with Gasteiger partial charge in [-0.25, -0.2) is 4.79 Å². The van der Waals surface area contributed by atoms with Crippen molar-refractivity contribution in [2.45, 2.75) is 39.7 Å². The van der Waals surface area contributed by atoms with Crippen molar-refractivity contribution >= 4 is 12.3 Å². The molecule has 1 rings (SSSR count). The van der Waals surface area contributed by atoms with Crippen LogP contribution in [-0.4, -0.2) is 31.6 Å². The maximum Gasteiger partial charge on any atom is 0.347 e. The number of hydrogen-bond donors (Lipinski definition) is 0. The second-order valence-electron chi connectivity index (χ2n) is 4.37. The maximum atomic E-state index is 11.9. The summed E-state index contributed by atoms with van der Waals surface area (Å²) in [5.41, 5.74) is 0.353. The summed E-state index contributed by atoms with van der Waals surface area (Å²) in [5, 5.41) is 0. The van der Waals surface area contributed by atoms with Crippen molar-refractivity contribution in [1.29, 1.82) is 0 Å². The monoisotopic (exact) mass is 294 g/mol. The molecule has 21 heavy (non-hydrogen) atoms. The van der Waals surface area contributed by atoms with Gasteiger partial charge in [0.1, 0.15) is 0 Å². The molecular formula is C16H22O5. The predicted octanol–water partition coefficient (Wildman–Crippen LogP) is 3.01. The van der Waals surface area contributed by atoms with Crippen LogP contribution in [0.3, 0.4) is 0 Å². The van der Waals surface area contributed by atoms with E-state index in [0.717, 1.165) is 6.42 Å². The Hall–Kier alpha value is -2.04. The molecule has 0 fully saturated rings. The molecule has 5 nitrogen and oxygen atoms in total. The Labute approximate surface area is 125 Å². The Morgan fingerprint density at radius 1 is 1.24 bits per heavy atom. The van der Waals surface area contributed by atoms with Crippen LogP contribution in [0.1, 0.15) is 44.0 Å².